The summed E-state index contributed by atoms with van der Waals surface area (Å²) in [6, 6.07) is 5.68. The summed E-state index contributed by atoms with van der Waals surface area (Å²) in [7, 11) is 0. The Kier molecular flexibility index (Phi) is 9.06. The Morgan fingerprint density at radius 1 is 0.842 bits per heavy atom. The van der Waals surface area contributed by atoms with Gasteiger partial charge in [0.05, 0.1) is 6.20 Å². The zero-order valence-corrected chi connectivity index (χ0v) is 12.8. The van der Waals surface area contributed by atoms with E-state index in [1.807, 2.05) is 59.7 Å². The molecule has 3 heteroatoms. The van der Waals surface area contributed by atoms with Crippen LogP contribution in [0.25, 0.3) is 22.1 Å². The van der Waals surface area contributed by atoms with Gasteiger partial charge in [-0.15, -0.1) is 0 Å². The Balaban J connectivity index is 0.000000482. The lowest BCUT2D eigenvalue weighted by Crippen LogP contribution is -1.71. The molecule has 0 atom stereocenters. The van der Waals surface area contributed by atoms with Gasteiger partial charge >= 0.3 is 0 Å². The van der Waals surface area contributed by atoms with Crippen LogP contribution in [-0.2, 0) is 0 Å². The Hall–Kier alpha value is -1.90. The molecular weight excluding hydrogens is 236 g/mol. The average Bonchev–Trinajstić information content (AvgIpc) is 2.92. The number of nitrogens with zero attached hydrogens (tertiary/aromatic N) is 2. The van der Waals surface area contributed by atoms with E-state index < -0.39 is 0 Å². The van der Waals surface area contributed by atoms with Crippen molar-refractivity contribution in [3.8, 4) is 0 Å². The molecule has 0 unspecified atom stereocenters. The van der Waals surface area contributed by atoms with Gasteiger partial charge in [0.25, 0.3) is 0 Å². The van der Waals surface area contributed by atoms with Gasteiger partial charge in [0, 0.05) is 17.8 Å². The monoisotopic (exact) mass is 260 g/mol. The van der Waals surface area contributed by atoms with Gasteiger partial charge in [0.1, 0.15) is 5.52 Å². The Labute approximate surface area is 115 Å². The molecule has 3 nitrogen and oxygen atoms in total. The Bertz CT molecular complexity index is 523. The van der Waals surface area contributed by atoms with Gasteiger partial charge in [0.15, 0.2) is 11.2 Å². The maximum atomic E-state index is 5.53. The molecule has 0 saturated carbocycles. The van der Waals surface area contributed by atoms with E-state index in [1.165, 1.54) is 0 Å². The molecule has 104 valence electrons. The van der Waals surface area contributed by atoms with Crippen molar-refractivity contribution in [1.29, 1.82) is 0 Å². The molecule has 0 amide bonds. The summed E-state index contributed by atoms with van der Waals surface area (Å²) >= 11 is 0. The second-order valence-corrected chi connectivity index (χ2v) is 2.82. The number of hydrogen-bond acceptors (Lipinski definition) is 3. The molecule has 3 rings (SSSR count). The largest absolute Gasteiger partial charge is 0.453 e. The van der Waals surface area contributed by atoms with E-state index >= 15 is 0 Å². The second kappa shape index (κ2) is 10.1. The molecular formula is C16H24N2O. The Morgan fingerprint density at radius 3 is 2.21 bits per heavy atom. The maximum absolute atomic E-state index is 5.53. The van der Waals surface area contributed by atoms with Crippen LogP contribution in [0, 0.1) is 0 Å². The van der Waals surface area contributed by atoms with Crippen LogP contribution in [0.4, 0.5) is 0 Å². The standard InChI is InChI=1S/C10H6N2O.3C2H6/c1-2-8-10(12-4-1)7-3-5-11-6-9(7)13-8;3*1-2/h1-6H;3*1-2H3. The first-order chi connectivity index (χ1) is 9.45. The van der Waals surface area contributed by atoms with Gasteiger partial charge in [-0.2, -0.15) is 0 Å². The lowest BCUT2D eigenvalue weighted by Gasteiger charge is -1.84. The summed E-state index contributed by atoms with van der Waals surface area (Å²) in [6.45, 7) is 12.0. The van der Waals surface area contributed by atoms with Crippen molar-refractivity contribution in [3.05, 3.63) is 36.8 Å². The highest BCUT2D eigenvalue weighted by molar-refractivity contribution is 6.01. The van der Waals surface area contributed by atoms with Crippen LogP contribution in [0.5, 0.6) is 0 Å². The lowest BCUT2D eigenvalue weighted by molar-refractivity contribution is 0.666. The van der Waals surface area contributed by atoms with Gasteiger partial charge in [-0.3, -0.25) is 9.97 Å². The van der Waals surface area contributed by atoms with Crippen molar-refractivity contribution in [2.24, 2.45) is 0 Å². The first-order valence-corrected chi connectivity index (χ1v) is 7.02. The number of furan rings is 1. The molecule has 3 aromatic rings. The summed E-state index contributed by atoms with van der Waals surface area (Å²) in [5, 5.41) is 1.02. The van der Waals surface area contributed by atoms with E-state index in [2.05, 4.69) is 9.97 Å². The summed E-state index contributed by atoms with van der Waals surface area (Å²) in [6.07, 6.45) is 5.21. The van der Waals surface area contributed by atoms with Gasteiger partial charge in [-0.25, -0.2) is 0 Å². The predicted molar refractivity (Wildman–Crippen MR) is 83.4 cm³/mol. The first-order valence-electron chi connectivity index (χ1n) is 7.02. The fraction of sp³-hybridized carbons (Fsp3) is 0.375. The van der Waals surface area contributed by atoms with Crippen LogP contribution in [-0.4, -0.2) is 9.97 Å². The topological polar surface area (TPSA) is 38.9 Å². The number of hydrogen-bond donors (Lipinski definition) is 0. The molecule has 0 radical (unpaired) electrons. The van der Waals surface area contributed by atoms with Crippen LogP contribution in [0.3, 0.4) is 0 Å². The zero-order valence-electron chi connectivity index (χ0n) is 12.8. The second-order valence-electron chi connectivity index (χ2n) is 2.82. The number of aromatic nitrogens is 2. The van der Waals surface area contributed by atoms with Crippen molar-refractivity contribution in [1.82, 2.24) is 9.97 Å². The van der Waals surface area contributed by atoms with E-state index in [-0.39, 0.29) is 0 Å². The number of fused-ring (bicyclic) bond motifs is 3. The van der Waals surface area contributed by atoms with Crippen molar-refractivity contribution in [2.75, 3.05) is 0 Å². The molecule has 0 bridgehead atoms. The van der Waals surface area contributed by atoms with Crippen molar-refractivity contribution >= 4 is 22.1 Å². The van der Waals surface area contributed by atoms with Crippen molar-refractivity contribution in [2.45, 2.75) is 41.5 Å². The normalized spacial score (nSPS) is 8.53. The molecule has 0 aliphatic rings. The molecule has 19 heavy (non-hydrogen) atoms. The van der Waals surface area contributed by atoms with Gasteiger partial charge in [0.2, 0.25) is 0 Å². The highest BCUT2D eigenvalue weighted by Gasteiger charge is 2.05. The summed E-state index contributed by atoms with van der Waals surface area (Å²) in [5.41, 5.74) is 2.50. The molecule has 3 heterocycles. The van der Waals surface area contributed by atoms with Gasteiger partial charge in [-0.1, -0.05) is 41.5 Å². The molecule has 0 aliphatic heterocycles. The summed E-state index contributed by atoms with van der Waals surface area (Å²) in [5.74, 6) is 0. The predicted octanol–water partition coefficient (Wildman–Crippen LogP) is 5.45. The minimum Gasteiger partial charge on any atom is -0.453 e. The lowest BCUT2D eigenvalue weighted by atomic mass is 10.3. The van der Waals surface area contributed by atoms with E-state index in [9.17, 15) is 0 Å². The van der Waals surface area contributed by atoms with Crippen molar-refractivity contribution < 1.29 is 4.42 Å². The highest BCUT2D eigenvalue weighted by atomic mass is 16.3. The van der Waals surface area contributed by atoms with Crippen LogP contribution in [0.15, 0.2) is 41.2 Å². The third-order valence-electron chi connectivity index (χ3n) is 2.03. The number of pyridine rings is 2. The average molecular weight is 260 g/mol. The molecule has 3 aromatic heterocycles. The van der Waals surface area contributed by atoms with Crippen LogP contribution in [0.1, 0.15) is 41.5 Å². The molecule has 0 spiro atoms. The summed E-state index contributed by atoms with van der Waals surface area (Å²) < 4.78 is 5.53. The maximum Gasteiger partial charge on any atom is 0.155 e. The SMILES string of the molecule is CC.CC.CC.c1cnc2c(c1)oc1cnccc12. The van der Waals surface area contributed by atoms with Crippen LogP contribution in [0.2, 0.25) is 0 Å². The molecule has 0 N–H and O–H groups in total. The fourth-order valence-electron chi connectivity index (χ4n) is 1.45. The van der Waals surface area contributed by atoms with Crippen molar-refractivity contribution in [3.63, 3.8) is 0 Å². The number of rotatable bonds is 0. The molecule has 0 saturated heterocycles. The fourth-order valence-corrected chi connectivity index (χ4v) is 1.45. The molecule has 0 aromatic carbocycles. The smallest absolute Gasteiger partial charge is 0.155 e. The summed E-state index contributed by atoms with van der Waals surface area (Å²) in [4.78, 5) is 8.23. The van der Waals surface area contributed by atoms with E-state index in [0.29, 0.717) is 0 Å². The Morgan fingerprint density at radius 2 is 1.53 bits per heavy atom. The third-order valence-corrected chi connectivity index (χ3v) is 2.03. The van der Waals surface area contributed by atoms with E-state index in [4.69, 9.17) is 4.42 Å². The first kappa shape index (κ1) is 17.1. The highest BCUT2D eigenvalue weighted by Crippen LogP contribution is 2.24. The van der Waals surface area contributed by atoms with Crippen LogP contribution >= 0.6 is 0 Å². The third kappa shape index (κ3) is 4.05. The van der Waals surface area contributed by atoms with E-state index in [1.54, 1.807) is 18.6 Å². The molecule has 0 aliphatic carbocycles. The van der Waals surface area contributed by atoms with E-state index in [0.717, 1.165) is 22.1 Å². The van der Waals surface area contributed by atoms with Gasteiger partial charge < -0.3 is 4.42 Å². The van der Waals surface area contributed by atoms with Gasteiger partial charge in [-0.05, 0) is 18.2 Å². The molecule has 0 fully saturated rings. The zero-order chi connectivity index (χ0) is 14.7. The minimum atomic E-state index is 0.788. The van der Waals surface area contributed by atoms with Crippen LogP contribution < -0.4 is 0 Å². The minimum absolute atomic E-state index is 0.788. The quantitative estimate of drug-likeness (QED) is 0.539.